The van der Waals surface area contributed by atoms with E-state index in [0.717, 1.165) is 23.1 Å². The van der Waals surface area contributed by atoms with Crippen LogP contribution in [0, 0.1) is 0 Å². The van der Waals surface area contributed by atoms with Gasteiger partial charge in [-0.2, -0.15) is 4.98 Å². The Morgan fingerprint density at radius 1 is 1.29 bits per heavy atom. The molecule has 0 unspecified atom stereocenters. The van der Waals surface area contributed by atoms with Gasteiger partial charge in [0.05, 0.1) is 12.9 Å². The number of furan rings is 1. The number of benzene rings is 1. The van der Waals surface area contributed by atoms with Crippen molar-refractivity contribution in [3.63, 3.8) is 0 Å². The number of hydrogen-bond acceptors (Lipinski definition) is 6. The smallest absolute Gasteiger partial charge is 0.238 e. The van der Waals surface area contributed by atoms with Gasteiger partial charge in [-0.3, -0.25) is 4.79 Å². The van der Waals surface area contributed by atoms with Gasteiger partial charge in [-0.15, -0.1) is 0 Å². The lowest BCUT2D eigenvalue weighted by atomic mass is 10.2. The third-order valence-electron chi connectivity index (χ3n) is 4.37. The van der Waals surface area contributed by atoms with Gasteiger partial charge in [0.1, 0.15) is 0 Å². The number of rotatable bonds is 8. The summed E-state index contributed by atoms with van der Waals surface area (Å²) >= 11 is 0. The van der Waals surface area contributed by atoms with Crippen molar-refractivity contribution in [3.05, 3.63) is 54.7 Å². The number of ether oxygens (including phenoxy) is 1. The van der Waals surface area contributed by atoms with Crippen LogP contribution in [0.3, 0.4) is 0 Å². The Labute approximate surface area is 161 Å². The molecule has 8 nitrogen and oxygen atoms in total. The van der Waals surface area contributed by atoms with Gasteiger partial charge in [-0.25, -0.2) is 0 Å². The highest BCUT2D eigenvalue weighted by Gasteiger charge is 2.12. The molecule has 1 N–H and O–H groups in total. The van der Waals surface area contributed by atoms with E-state index in [1.54, 1.807) is 25.5 Å². The first-order chi connectivity index (χ1) is 13.7. The van der Waals surface area contributed by atoms with Crippen molar-refractivity contribution < 1.29 is 18.5 Å². The fourth-order valence-corrected chi connectivity index (χ4v) is 2.97. The number of carbonyl (C=O) groups excluding carboxylic acids is 1. The van der Waals surface area contributed by atoms with E-state index in [1.807, 2.05) is 30.5 Å². The molecule has 3 aromatic heterocycles. The van der Waals surface area contributed by atoms with E-state index < -0.39 is 0 Å². The van der Waals surface area contributed by atoms with Crippen molar-refractivity contribution in [2.75, 3.05) is 19.0 Å². The molecule has 1 aromatic carbocycles. The van der Waals surface area contributed by atoms with Crippen LogP contribution in [0.4, 0.5) is 5.69 Å². The third kappa shape index (κ3) is 3.96. The minimum absolute atomic E-state index is 0.115. The molecule has 0 saturated heterocycles. The first-order valence-electron chi connectivity index (χ1n) is 8.97. The van der Waals surface area contributed by atoms with Crippen molar-refractivity contribution in [1.29, 1.82) is 0 Å². The zero-order chi connectivity index (χ0) is 19.3. The third-order valence-corrected chi connectivity index (χ3v) is 4.37. The van der Waals surface area contributed by atoms with Gasteiger partial charge in [0, 0.05) is 49.3 Å². The summed E-state index contributed by atoms with van der Waals surface area (Å²) in [6.07, 6.45) is 4.16. The lowest BCUT2D eigenvalue weighted by Crippen LogP contribution is -2.12. The molecule has 8 heteroatoms. The molecule has 0 atom stereocenters. The van der Waals surface area contributed by atoms with Crippen molar-refractivity contribution in [1.82, 2.24) is 14.7 Å². The summed E-state index contributed by atoms with van der Waals surface area (Å²) in [6, 6.07) is 11.4. The Bertz CT molecular complexity index is 1070. The Balaban J connectivity index is 1.34. The number of hydrogen-bond donors (Lipinski definition) is 1. The molecule has 28 heavy (non-hydrogen) atoms. The van der Waals surface area contributed by atoms with Gasteiger partial charge in [0.15, 0.2) is 5.76 Å². The lowest BCUT2D eigenvalue weighted by Gasteiger charge is -2.07. The highest BCUT2D eigenvalue weighted by atomic mass is 16.5. The number of nitrogens with zero attached hydrogens (tertiary/aromatic N) is 3. The maximum atomic E-state index is 12.3. The van der Waals surface area contributed by atoms with Crippen LogP contribution in [0.1, 0.15) is 12.3 Å². The summed E-state index contributed by atoms with van der Waals surface area (Å²) in [5, 5.41) is 7.83. The van der Waals surface area contributed by atoms with E-state index in [2.05, 4.69) is 20.0 Å². The Hall–Kier alpha value is -3.39. The van der Waals surface area contributed by atoms with Crippen molar-refractivity contribution >= 4 is 22.5 Å². The van der Waals surface area contributed by atoms with E-state index in [9.17, 15) is 4.79 Å². The van der Waals surface area contributed by atoms with Crippen molar-refractivity contribution in [3.8, 4) is 11.6 Å². The standard InChI is InChI=1S/C20H20N4O4/c1-26-12-10-24-9-8-14-13-15(4-5-16(14)24)21-18(25)6-7-19-22-20(23-28-19)17-3-2-11-27-17/h2-5,8-9,11,13H,6-7,10,12H2,1H3,(H,21,25). The van der Waals surface area contributed by atoms with Crippen molar-refractivity contribution in [2.24, 2.45) is 0 Å². The topological polar surface area (TPSA) is 95.3 Å². The van der Waals surface area contributed by atoms with Crippen LogP contribution >= 0.6 is 0 Å². The largest absolute Gasteiger partial charge is 0.461 e. The predicted octanol–water partition coefficient (Wildman–Crippen LogP) is 3.50. The molecule has 0 aliphatic heterocycles. The lowest BCUT2D eigenvalue weighted by molar-refractivity contribution is -0.116. The van der Waals surface area contributed by atoms with Crippen LogP contribution in [-0.4, -0.2) is 34.3 Å². The molecule has 0 bridgehead atoms. The molecule has 3 heterocycles. The molecule has 4 aromatic rings. The van der Waals surface area contributed by atoms with Gasteiger partial charge < -0.3 is 23.6 Å². The average Bonchev–Trinajstić information content (AvgIpc) is 3.44. The number of anilines is 1. The summed E-state index contributed by atoms with van der Waals surface area (Å²) < 4.78 is 17.6. The van der Waals surface area contributed by atoms with Crippen LogP contribution < -0.4 is 5.32 Å². The second-order valence-electron chi connectivity index (χ2n) is 6.31. The maximum absolute atomic E-state index is 12.3. The quantitative estimate of drug-likeness (QED) is 0.503. The first-order valence-corrected chi connectivity index (χ1v) is 8.97. The van der Waals surface area contributed by atoms with Gasteiger partial charge in [0.2, 0.25) is 17.6 Å². The molecule has 0 fully saturated rings. The number of fused-ring (bicyclic) bond motifs is 1. The zero-order valence-corrected chi connectivity index (χ0v) is 15.4. The summed E-state index contributed by atoms with van der Waals surface area (Å²) in [5.41, 5.74) is 1.86. The zero-order valence-electron chi connectivity index (χ0n) is 15.4. The predicted molar refractivity (Wildman–Crippen MR) is 103 cm³/mol. The number of amides is 1. The molecular weight excluding hydrogens is 360 g/mol. The van der Waals surface area contributed by atoms with Gasteiger partial charge in [-0.05, 0) is 36.4 Å². The highest BCUT2D eigenvalue weighted by Crippen LogP contribution is 2.21. The number of aromatic nitrogens is 3. The molecule has 0 radical (unpaired) electrons. The second-order valence-corrected chi connectivity index (χ2v) is 6.31. The number of nitrogens with one attached hydrogen (secondary N) is 1. The molecule has 4 rings (SSSR count). The molecule has 1 amide bonds. The number of methoxy groups -OCH3 is 1. The Kier molecular flexibility index (Phi) is 5.20. The average molecular weight is 380 g/mol. The van der Waals surface area contributed by atoms with E-state index in [1.165, 1.54) is 0 Å². The summed E-state index contributed by atoms with van der Waals surface area (Å²) in [7, 11) is 1.69. The SMILES string of the molecule is COCCn1ccc2cc(NC(=O)CCc3nc(-c4ccco4)no3)ccc21. The molecule has 144 valence electrons. The summed E-state index contributed by atoms with van der Waals surface area (Å²) in [4.78, 5) is 16.5. The van der Waals surface area contributed by atoms with Crippen LogP contribution in [0.25, 0.3) is 22.5 Å². The summed E-state index contributed by atoms with van der Waals surface area (Å²) in [5.74, 6) is 1.19. The minimum Gasteiger partial charge on any atom is -0.461 e. The van der Waals surface area contributed by atoms with Crippen molar-refractivity contribution in [2.45, 2.75) is 19.4 Å². The first kappa shape index (κ1) is 18.0. The number of aryl methyl sites for hydroxylation is 1. The summed E-state index contributed by atoms with van der Waals surface area (Å²) in [6.45, 7) is 1.44. The van der Waals surface area contributed by atoms with E-state index >= 15 is 0 Å². The van der Waals surface area contributed by atoms with Gasteiger partial charge >= 0.3 is 0 Å². The molecule has 0 saturated carbocycles. The molecular formula is C20H20N4O4. The van der Waals surface area contributed by atoms with E-state index in [0.29, 0.717) is 30.5 Å². The van der Waals surface area contributed by atoms with Crippen LogP contribution in [0.15, 0.2) is 57.8 Å². The normalized spacial score (nSPS) is 11.2. The minimum atomic E-state index is -0.115. The fraction of sp³-hybridized carbons (Fsp3) is 0.250. The highest BCUT2D eigenvalue weighted by molar-refractivity contribution is 5.94. The van der Waals surface area contributed by atoms with Crippen LogP contribution in [0.2, 0.25) is 0 Å². The van der Waals surface area contributed by atoms with Crippen LogP contribution in [0.5, 0.6) is 0 Å². The second kappa shape index (κ2) is 8.10. The Morgan fingerprint density at radius 3 is 3.04 bits per heavy atom. The maximum Gasteiger partial charge on any atom is 0.238 e. The molecule has 0 aliphatic rings. The van der Waals surface area contributed by atoms with E-state index in [-0.39, 0.29) is 12.3 Å². The molecule has 0 spiro atoms. The fourth-order valence-electron chi connectivity index (χ4n) is 2.97. The van der Waals surface area contributed by atoms with Gasteiger partial charge in [-0.1, -0.05) is 5.16 Å². The number of carbonyl (C=O) groups is 1. The Morgan fingerprint density at radius 2 is 2.21 bits per heavy atom. The van der Waals surface area contributed by atoms with Gasteiger partial charge in [0.25, 0.3) is 0 Å². The van der Waals surface area contributed by atoms with Crippen LogP contribution in [-0.2, 0) is 22.5 Å². The van der Waals surface area contributed by atoms with E-state index in [4.69, 9.17) is 13.7 Å². The molecule has 0 aliphatic carbocycles. The monoisotopic (exact) mass is 380 g/mol.